The van der Waals surface area contributed by atoms with Crippen molar-refractivity contribution in [2.45, 2.75) is 23.8 Å². The standard InChI is InChI=1S/C17H17NO3S/c1-22(20,21)14-9-6-13(7-10-14)17(19)18-16-11-8-12-4-2-3-5-15(12)16/h2-7,9-10,16H,8,11H2,1H3,(H,18,19)/t16-/m0/s1. The molecular weight excluding hydrogens is 298 g/mol. The number of hydrogen-bond donors (Lipinski definition) is 1. The van der Waals surface area contributed by atoms with Crippen molar-refractivity contribution in [3.8, 4) is 0 Å². The molecule has 1 atom stereocenters. The summed E-state index contributed by atoms with van der Waals surface area (Å²) in [5.41, 5.74) is 2.92. The van der Waals surface area contributed by atoms with Gasteiger partial charge in [-0.1, -0.05) is 24.3 Å². The smallest absolute Gasteiger partial charge is 0.251 e. The summed E-state index contributed by atoms with van der Waals surface area (Å²) in [4.78, 5) is 12.5. The number of aryl methyl sites for hydroxylation is 1. The van der Waals surface area contributed by atoms with Gasteiger partial charge in [0.2, 0.25) is 0 Å². The summed E-state index contributed by atoms with van der Waals surface area (Å²) >= 11 is 0. The lowest BCUT2D eigenvalue weighted by Gasteiger charge is -2.14. The topological polar surface area (TPSA) is 63.2 Å². The molecule has 2 aromatic rings. The van der Waals surface area contributed by atoms with Crippen molar-refractivity contribution in [2.75, 3.05) is 6.26 Å². The molecule has 3 rings (SSSR count). The number of hydrogen-bond acceptors (Lipinski definition) is 3. The molecule has 22 heavy (non-hydrogen) atoms. The average Bonchev–Trinajstić information content (AvgIpc) is 2.90. The third kappa shape index (κ3) is 2.90. The minimum absolute atomic E-state index is 0.0262. The zero-order valence-electron chi connectivity index (χ0n) is 12.2. The molecule has 2 aromatic carbocycles. The van der Waals surface area contributed by atoms with Crippen LogP contribution in [0.4, 0.5) is 0 Å². The molecule has 0 saturated heterocycles. The summed E-state index contributed by atoms with van der Waals surface area (Å²) in [6.45, 7) is 0. The van der Waals surface area contributed by atoms with Crippen LogP contribution in [0, 0.1) is 0 Å². The van der Waals surface area contributed by atoms with Crippen molar-refractivity contribution in [3.63, 3.8) is 0 Å². The molecule has 0 aromatic heterocycles. The Morgan fingerprint density at radius 1 is 1.09 bits per heavy atom. The van der Waals surface area contributed by atoms with Gasteiger partial charge >= 0.3 is 0 Å². The van der Waals surface area contributed by atoms with Crippen LogP contribution in [0.2, 0.25) is 0 Å². The lowest BCUT2D eigenvalue weighted by Crippen LogP contribution is -2.27. The second-order valence-electron chi connectivity index (χ2n) is 5.56. The molecule has 0 bridgehead atoms. The van der Waals surface area contributed by atoms with Gasteiger partial charge in [-0.3, -0.25) is 4.79 Å². The van der Waals surface area contributed by atoms with Crippen molar-refractivity contribution < 1.29 is 13.2 Å². The molecule has 0 saturated carbocycles. The first-order valence-electron chi connectivity index (χ1n) is 7.14. The molecule has 1 aliphatic rings. The molecule has 1 N–H and O–H groups in total. The van der Waals surface area contributed by atoms with Crippen LogP contribution in [0.5, 0.6) is 0 Å². The van der Waals surface area contributed by atoms with Crippen molar-refractivity contribution in [1.29, 1.82) is 0 Å². The molecule has 1 amide bonds. The van der Waals surface area contributed by atoms with Crippen LogP contribution in [0.3, 0.4) is 0 Å². The largest absolute Gasteiger partial charge is 0.345 e. The number of fused-ring (bicyclic) bond motifs is 1. The highest BCUT2D eigenvalue weighted by Crippen LogP contribution is 2.30. The van der Waals surface area contributed by atoms with Gasteiger partial charge in [0.1, 0.15) is 0 Å². The predicted octanol–water partition coefficient (Wildman–Crippen LogP) is 2.51. The van der Waals surface area contributed by atoms with Crippen molar-refractivity contribution in [1.82, 2.24) is 5.32 Å². The van der Waals surface area contributed by atoms with E-state index in [4.69, 9.17) is 0 Å². The van der Waals surface area contributed by atoms with Crippen LogP contribution in [-0.4, -0.2) is 20.6 Å². The predicted molar refractivity (Wildman–Crippen MR) is 84.5 cm³/mol. The van der Waals surface area contributed by atoms with Crippen molar-refractivity contribution in [2.24, 2.45) is 0 Å². The first-order chi connectivity index (χ1) is 10.4. The lowest BCUT2D eigenvalue weighted by molar-refractivity contribution is 0.0936. The maximum atomic E-state index is 12.3. The van der Waals surface area contributed by atoms with Crippen LogP contribution in [0.25, 0.3) is 0 Å². The maximum Gasteiger partial charge on any atom is 0.251 e. The van der Waals surface area contributed by atoms with E-state index < -0.39 is 9.84 Å². The Bertz CT molecular complexity index is 810. The highest BCUT2D eigenvalue weighted by molar-refractivity contribution is 7.90. The fourth-order valence-corrected chi connectivity index (χ4v) is 3.43. The fourth-order valence-electron chi connectivity index (χ4n) is 2.80. The SMILES string of the molecule is CS(=O)(=O)c1ccc(C(=O)N[C@H]2CCc3ccccc32)cc1. The minimum Gasteiger partial charge on any atom is -0.345 e. The number of amides is 1. The van der Waals surface area contributed by atoms with Gasteiger partial charge in [-0.25, -0.2) is 8.42 Å². The average molecular weight is 315 g/mol. The first-order valence-corrected chi connectivity index (χ1v) is 9.03. The molecule has 0 heterocycles. The third-order valence-corrected chi connectivity index (χ3v) is 5.11. The number of sulfone groups is 1. The van der Waals surface area contributed by atoms with Crippen molar-refractivity contribution >= 4 is 15.7 Å². The van der Waals surface area contributed by atoms with Crippen molar-refractivity contribution in [3.05, 3.63) is 65.2 Å². The highest BCUT2D eigenvalue weighted by atomic mass is 32.2. The number of rotatable bonds is 3. The number of benzene rings is 2. The van der Waals surface area contributed by atoms with Gasteiger partial charge in [-0.05, 0) is 48.2 Å². The molecule has 0 fully saturated rings. The van der Waals surface area contributed by atoms with Gasteiger partial charge in [0.05, 0.1) is 10.9 Å². The normalized spacial score (nSPS) is 17.0. The Kier molecular flexibility index (Phi) is 3.74. The monoisotopic (exact) mass is 315 g/mol. The molecule has 0 unspecified atom stereocenters. The van der Waals surface area contributed by atoms with Gasteiger partial charge in [0, 0.05) is 11.8 Å². The summed E-state index contributed by atoms with van der Waals surface area (Å²) < 4.78 is 22.9. The Morgan fingerprint density at radius 2 is 1.77 bits per heavy atom. The van der Waals surface area contributed by atoms with E-state index in [1.165, 1.54) is 23.3 Å². The molecule has 4 nitrogen and oxygen atoms in total. The molecular formula is C17H17NO3S. The number of carbonyl (C=O) groups excluding carboxylic acids is 1. The zero-order valence-corrected chi connectivity index (χ0v) is 13.1. The van der Waals surface area contributed by atoms with Crippen LogP contribution < -0.4 is 5.32 Å². The third-order valence-electron chi connectivity index (χ3n) is 3.98. The van der Waals surface area contributed by atoms with E-state index in [9.17, 15) is 13.2 Å². The van der Waals surface area contributed by atoms with Crippen LogP contribution in [-0.2, 0) is 16.3 Å². The second kappa shape index (κ2) is 5.57. The lowest BCUT2D eigenvalue weighted by atomic mass is 10.1. The van der Waals surface area contributed by atoms with E-state index in [1.54, 1.807) is 12.1 Å². The van der Waals surface area contributed by atoms with E-state index in [2.05, 4.69) is 11.4 Å². The van der Waals surface area contributed by atoms with E-state index >= 15 is 0 Å². The second-order valence-corrected chi connectivity index (χ2v) is 7.58. The summed E-state index contributed by atoms with van der Waals surface area (Å²) in [5.74, 6) is -0.179. The Balaban J connectivity index is 1.76. The fraction of sp³-hybridized carbons (Fsp3) is 0.235. The number of carbonyl (C=O) groups is 1. The molecule has 1 aliphatic carbocycles. The van der Waals surface area contributed by atoms with Crippen LogP contribution in [0.1, 0.15) is 33.9 Å². The Labute approximate surface area is 130 Å². The molecule has 5 heteroatoms. The van der Waals surface area contributed by atoms with Crippen LogP contribution >= 0.6 is 0 Å². The van der Waals surface area contributed by atoms with Gasteiger partial charge in [0.25, 0.3) is 5.91 Å². The van der Waals surface area contributed by atoms with Crippen LogP contribution in [0.15, 0.2) is 53.4 Å². The van der Waals surface area contributed by atoms with Gasteiger partial charge < -0.3 is 5.32 Å². The summed E-state index contributed by atoms with van der Waals surface area (Å²) in [6, 6.07) is 14.2. The van der Waals surface area contributed by atoms with Gasteiger partial charge in [-0.15, -0.1) is 0 Å². The Hall–Kier alpha value is -2.14. The summed E-state index contributed by atoms with van der Waals surface area (Å²) in [7, 11) is -3.24. The zero-order chi connectivity index (χ0) is 15.7. The molecule has 0 aliphatic heterocycles. The van der Waals surface area contributed by atoms with Gasteiger partial charge in [0.15, 0.2) is 9.84 Å². The molecule has 114 valence electrons. The molecule has 0 radical (unpaired) electrons. The van der Waals surface area contributed by atoms with E-state index in [1.807, 2.05) is 18.2 Å². The highest BCUT2D eigenvalue weighted by Gasteiger charge is 2.23. The summed E-state index contributed by atoms with van der Waals surface area (Å²) in [6.07, 6.45) is 3.01. The van der Waals surface area contributed by atoms with E-state index in [0.717, 1.165) is 19.1 Å². The van der Waals surface area contributed by atoms with Gasteiger partial charge in [-0.2, -0.15) is 0 Å². The minimum atomic E-state index is -3.24. The number of nitrogens with one attached hydrogen (secondary N) is 1. The van der Waals surface area contributed by atoms with E-state index in [-0.39, 0.29) is 16.8 Å². The van der Waals surface area contributed by atoms with E-state index in [0.29, 0.717) is 5.56 Å². The first kappa shape index (κ1) is 14.8. The quantitative estimate of drug-likeness (QED) is 0.946. The Morgan fingerprint density at radius 3 is 2.45 bits per heavy atom. The maximum absolute atomic E-state index is 12.3. The molecule has 0 spiro atoms. The summed E-state index contributed by atoms with van der Waals surface area (Å²) in [5, 5.41) is 3.02.